The normalized spacial score (nSPS) is 13.5. The van der Waals surface area contributed by atoms with Crippen molar-refractivity contribution in [3.05, 3.63) is 18.0 Å². The fraction of sp³-hybridized carbons (Fsp3) is 0.700. The van der Waals surface area contributed by atoms with Gasteiger partial charge in [-0.15, -0.1) is 0 Å². The van der Waals surface area contributed by atoms with Crippen LogP contribution in [0, 0.1) is 5.92 Å². The quantitative estimate of drug-likeness (QED) is 0.734. The van der Waals surface area contributed by atoms with Crippen LogP contribution in [0.3, 0.4) is 0 Å². The Bertz CT molecular complexity index is 270. The zero-order chi connectivity index (χ0) is 10.6. The lowest BCUT2D eigenvalue weighted by Crippen LogP contribution is -2.17. The topological polar surface area (TPSA) is 50.1 Å². The Labute approximate surface area is 84.9 Å². The molecular formula is C10H19N3O. The van der Waals surface area contributed by atoms with Gasteiger partial charge in [-0.25, -0.2) is 0 Å². The third-order valence-electron chi connectivity index (χ3n) is 1.95. The van der Waals surface area contributed by atoms with Gasteiger partial charge in [-0.05, 0) is 19.0 Å². The minimum absolute atomic E-state index is 0.506. The second-order valence-corrected chi connectivity index (χ2v) is 3.93. The summed E-state index contributed by atoms with van der Waals surface area (Å²) in [5.41, 5.74) is 0.736. The molecule has 0 bridgehead atoms. The number of nitrogens with one attached hydrogen (secondary N) is 1. The van der Waals surface area contributed by atoms with Crippen molar-refractivity contribution >= 4 is 0 Å². The SMILES string of the molecule is CNCC(O)c1ccn(CC(C)C)n1. The van der Waals surface area contributed by atoms with E-state index < -0.39 is 6.10 Å². The largest absolute Gasteiger partial charge is 0.385 e. The highest BCUT2D eigenvalue weighted by Gasteiger charge is 2.09. The molecule has 0 fully saturated rings. The summed E-state index contributed by atoms with van der Waals surface area (Å²) in [5, 5.41) is 16.8. The van der Waals surface area contributed by atoms with Gasteiger partial charge in [0.1, 0.15) is 6.10 Å². The molecule has 1 unspecified atom stereocenters. The smallest absolute Gasteiger partial charge is 0.110 e. The first-order chi connectivity index (χ1) is 6.63. The van der Waals surface area contributed by atoms with Gasteiger partial charge in [0.25, 0.3) is 0 Å². The molecule has 14 heavy (non-hydrogen) atoms. The Hall–Kier alpha value is -0.870. The highest BCUT2D eigenvalue weighted by Crippen LogP contribution is 2.09. The molecule has 80 valence electrons. The summed E-state index contributed by atoms with van der Waals surface area (Å²) in [6.07, 6.45) is 1.40. The van der Waals surface area contributed by atoms with E-state index in [1.54, 1.807) is 0 Å². The molecule has 0 saturated heterocycles. The molecule has 0 saturated carbocycles. The lowest BCUT2D eigenvalue weighted by atomic mass is 10.2. The molecule has 1 aromatic rings. The van der Waals surface area contributed by atoms with Crippen LogP contribution in [0.25, 0.3) is 0 Å². The number of aliphatic hydroxyl groups is 1. The van der Waals surface area contributed by atoms with Gasteiger partial charge in [-0.2, -0.15) is 5.10 Å². The predicted molar refractivity (Wildman–Crippen MR) is 56.0 cm³/mol. The minimum Gasteiger partial charge on any atom is -0.385 e. The predicted octanol–water partition coefficient (Wildman–Crippen LogP) is 0.792. The van der Waals surface area contributed by atoms with E-state index >= 15 is 0 Å². The summed E-state index contributed by atoms with van der Waals surface area (Å²) in [6, 6.07) is 1.87. The Balaban J connectivity index is 2.58. The molecule has 0 aliphatic heterocycles. The first-order valence-electron chi connectivity index (χ1n) is 4.99. The van der Waals surface area contributed by atoms with Gasteiger partial charge in [-0.1, -0.05) is 13.8 Å². The number of nitrogens with zero attached hydrogens (tertiary/aromatic N) is 2. The number of aliphatic hydroxyl groups excluding tert-OH is 1. The van der Waals surface area contributed by atoms with E-state index in [1.807, 2.05) is 24.0 Å². The van der Waals surface area contributed by atoms with E-state index in [-0.39, 0.29) is 0 Å². The number of hydrogen-bond acceptors (Lipinski definition) is 3. The van der Waals surface area contributed by atoms with Crippen molar-refractivity contribution in [1.82, 2.24) is 15.1 Å². The summed E-state index contributed by atoms with van der Waals surface area (Å²) in [7, 11) is 1.81. The van der Waals surface area contributed by atoms with Crippen molar-refractivity contribution in [3.63, 3.8) is 0 Å². The summed E-state index contributed by atoms with van der Waals surface area (Å²) >= 11 is 0. The van der Waals surface area contributed by atoms with Crippen molar-refractivity contribution in [1.29, 1.82) is 0 Å². The van der Waals surface area contributed by atoms with Crippen LogP contribution in [0.1, 0.15) is 25.6 Å². The van der Waals surface area contributed by atoms with E-state index in [4.69, 9.17) is 0 Å². The first-order valence-corrected chi connectivity index (χ1v) is 4.99. The van der Waals surface area contributed by atoms with Crippen LogP contribution >= 0.6 is 0 Å². The molecule has 4 nitrogen and oxygen atoms in total. The van der Waals surface area contributed by atoms with Crippen LogP contribution < -0.4 is 5.32 Å². The summed E-state index contributed by atoms with van der Waals surface area (Å²) in [4.78, 5) is 0. The average molecular weight is 197 g/mol. The first kappa shape index (κ1) is 11.2. The average Bonchev–Trinajstić information content (AvgIpc) is 2.52. The van der Waals surface area contributed by atoms with Gasteiger partial charge in [0.05, 0.1) is 5.69 Å². The van der Waals surface area contributed by atoms with Crippen LogP contribution in [0.15, 0.2) is 12.3 Å². The maximum atomic E-state index is 9.63. The van der Waals surface area contributed by atoms with Crippen LogP contribution in [0.4, 0.5) is 0 Å². The third kappa shape index (κ3) is 3.12. The second kappa shape index (κ2) is 5.12. The van der Waals surface area contributed by atoms with Crippen LogP contribution in [0.5, 0.6) is 0 Å². The van der Waals surface area contributed by atoms with Crippen LogP contribution in [-0.4, -0.2) is 28.5 Å². The molecule has 1 aromatic heterocycles. The van der Waals surface area contributed by atoms with Gasteiger partial charge in [0.2, 0.25) is 0 Å². The Morgan fingerprint density at radius 3 is 2.86 bits per heavy atom. The molecule has 1 atom stereocenters. The molecule has 1 heterocycles. The van der Waals surface area contributed by atoms with Gasteiger partial charge in [0.15, 0.2) is 0 Å². The number of aromatic nitrogens is 2. The molecule has 2 N–H and O–H groups in total. The van der Waals surface area contributed by atoms with Gasteiger partial charge < -0.3 is 10.4 Å². The molecule has 0 aliphatic carbocycles. The van der Waals surface area contributed by atoms with E-state index in [0.29, 0.717) is 12.5 Å². The summed E-state index contributed by atoms with van der Waals surface area (Å²) in [6.45, 7) is 5.72. The number of likely N-dealkylation sites (N-methyl/N-ethyl adjacent to an activating group) is 1. The molecule has 0 radical (unpaired) electrons. The Morgan fingerprint density at radius 2 is 2.29 bits per heavy atom. The zero-order valence-corrected chi connectivity index (χ0v) is 9.07. The molecule has 1 rings (SSSR count). The second-order valence-electron chi connectivity index (χ2n) is 3.93. The fourth-order valence-electron chi connectivity index (χ4n) is 1.33. The highest BCUT2D eigenvalue weighted by atomic mass is 16.3. The molecule has 0 amide bonds. The third-order valence-corrected chi connectivity index (χ3v) is 1.95. The Kier molecular flexibility index (Phi) is 4.10. The molecule has 4 heteroatoms. The summed E-state index contributed by atoms with van der Waals surface area (Å²) < 4.78 is 1.87. The molecule has 0 spiro atoms. The van der Waals surface area contributed by atoms with Gasteiger partial charge >= 0.3 is 0 Å². The van der Waals surface area contributed by atoms with Crippen LogP contribution in [0.2, 0.25) is 0 Å². The van der Waals surface area contributed by atoms with Crippen LogP contribution in [-0.2, 0) is 6.54 Å². The van der Waals surface area contributed by atoms with E-state index in [1.165, 1.54) is 0 Å². The Morgan fingerprint density at radius 1 is 1.57 bits per heavy atom. The van der Waals surface area contributed by atoms with Crippen molar-refractivity contribution in [2.24, 2.45) is 5.92 Å². The van der Waals surface area contributed by atoms with Gasteiger partial charge in [0, 0.05) is 19.3 Å². The van der Waals surface area contributed by atoms with Crippen molar-refractivity contribution in [3.8, 4) is 0 Å². The lowest BCUT2D eigenvalue weighted by Gasteiger charge is -2.07. The standard InChI is InChI=1S/C10H19N3O/c1-8(2)7-13-5-4-9(12-13)10(14)6-11-3/h4-5,8,10-11,14H,6-7H2,1-3H3. The maximum Gasteiger partial charge on any atom is 0.110 e. The minimum atomic E-state index is -0.506. The maximum absolute atomic E-state index is 9.63. The fourth-order valence-corrected chi connectivity index (χ4v) is 1.33. The van der Waals surface area contributed by atoms with Gasteiger partial charge in [-0.3, -0.25) is 4.68 Å². The highest BCUT2D eigenvalue weighted by molar-refractivity contribution is 5.03. The monoisotopic (exact) mass is 197 g/mol. The molecular weight excluding hydrogens is 178 g/mol. The molecule has 0 aliphatic rings. The molecule has 0 aromatic carbocycles. The number of hydrogen-bond donors (Lipinski definition) is 2. The van der Waals surface area contributed by atoms with Crippen molar-refractivity contribution in [2.45, 2.75) is 26.5 Å². The number of rotatable bonds is 5. The zero-order valence-electron chi connectivity index (χ0n) is 9.07. The van der Waals surface area contributed by atoms with E-state index in [9.17, 15) is 5.11 Å². The van der Waals surface area contributed by atoms with Crippen molar-refractivity contribution < 1.29 is 5.11 Å². The van der Waals surface area contributed by atoms with E-state index in [0.717, 1.165) is 12.2 Å². The lowest BCUT2D eigenvalue weighted by molar-refractivity contribution is 0.171. The summed E-state index contributed by atoms with van der Waals surface area (Å²) in [5.74, 6) is 0.573. The van der Waals surface area contributed by atoms with E-state index in [2.05, 4.69) is 24.3 Å². The van der Waals surface area contributed by atoms with Crippen molar-refractivity contribution in [2.75, 3.05) is 13.6 Å².